The van der Waals surface area contributed by atoms with Crippen LogP contribution in [0.1, 0.15) is 24.6 Å². The number of halogens is 1. The van der Waals surface area contributed by atoms with Gasteiger partial charge in [-0.3, -0.25) is 0 Å². The van der Waals surface area contributed by atoms with Crippen molar-refractivity contribution in [2.45, 2.75) is 26.1 Å². The van der Waals surface area contributed by atoms with Gasteiger partial charge in [-0.15, -0.1) is 11.6 Å². The van der Waals surface area contributed by atoms with Gasteiger partial charge < -0.3 is 4.90 Å². The Morgan fingerprint density at radius 3 is 2.53 bits per heavy atom. The van der Waals surface area contributed by atoms with Gasteiger partial charge in [0.25, 0.3) is 0 Å². The number of aryl methyl sites for hydroxylation is 1. The summed E-state index contributed by atoms with van der Waals surface area (Å²) in [5.74, 6) is 1.59. The summed E-state index contributed by atoms with van der Waals surface area (Å²) >= 11 is 6.10. The zero-order chi connectivity index (χ0) is 13.8. The van der Waals surface area contributed by atoms with Crippen molar-refractivity contribution in [3.63, 3.8) is 0 Å². The Balaban J connectivity index is 2.55. The van der Waals surface area contributed by atoms with Gasteiger partial charge in [-0.2, -0.15) is 5.10 Å². The molecule has 0 saturated heterocycles. The van der Waals surface area contributed by atoms with E-state index in [9.17, 15) is 0 Å². The summed E-state index contributed by atoms with van der Waals surface area (Å²) in [5.41, 5.74) is 3.18. The fourth-order valence-electron chi connectivity index (χ4n) is 2.29. The molecule has 0 saturated carbocycles. The summed E-state index contributed by atoms with van der Waals surface area (Å²) in [7, 11) is 2.09. The van der Waals surface area contributed by atoms with E-state index in [2.05, 4.69) is 36.1 Å². The molecule has 2 aromatic rings. The summed E-state index contributed by atoms with van der Waals surface area (Å²) in [6.07, 6.45) is 1.09. The van der Waals surface area contributed by atoms with Crippen molar-refractivity contribution in [2.24, 2.45) is 0 Å². The van der Waals surface area contributed by atoms with Crippen LogP contribution >= 0.6 is 11.6 Å². The molecule has 0 bridgehead atoms. The summed E-state index contributed by atoms with van der Waals surface area (Å²) < 4.78 is 1.99. The molecule has 0 unspecified atom stereocenters. The van der Waals surface area contributed by atoms with E-state index >= 15 is 0 Å². The van der Waals surface area contributed by atoms with E-state index in [1.54, 1.807) is 0 Å². The second-order valence-electron chi connectivity index (χ2n) is 4.69. The van der Waals surface area contributed by atoms with Crippen LogP contribution in [0.4, 0.5) is 5.82 Å². The van der Waals surface area contributed by atoms with E-state index in [1.165, 1.54) is 0 Å². The van der Waals surface area contributed by atoms with Crippen molar-refractivity contribution < 1.29 is 0 Å². The molecule has 0 aliphatic carbocycles. The molecule has 0 fully saturated rings. The van der Waals surface area contributed by atoms with E-state index in [-0.39, 0.29) is 0 Å². The molecular formula is C15H20ClN3. The molecule has 4 heteroatoms. The van der Waals surface area contributed by atoms with Crippen molar-refractivity contribution in [1.82, 2.24) is 9.78 Å². The maximum absolute atomic E-state index is 6.10. The first-order valence-electron chi connectivity index (χ1n) is 6.60. The lowest BCUT2D eigenvalue weighted by Crippen LogP contribution is -2.22. The zero-order valence-electron chi connectivity index (χ0n) is 11.7. The van der Waals surface area contributed by atoms with Crippen molar-refractivity contribution in [3.05, 3.63) is 41.6 Å². The molecular weight excluding hydrogens is 258 g/mol. The van der Waals surface area contributed by atoms with Crippen molar-refractivity contribution in [3.8, 4) is 5.69 Å². The number of aromatic nitrogens is 2. The highest BCUT2D eigenvalue weighted by molar-refractivity contribution is 6.17. The largest absolute Gasteiger partial charge is 0.359 e. The minimum atomic E-state index is 0.488. The lowest BCUT2D eigenvalue weighted by atomic mass is 10.2. The monoisotopic (exact) mass is 277 g/mol. The third kappa shape index (κ3) is 2.76. The Morgan fingerprint density at radius 2 is 1.95 bits per heavy atom. The molecule has 1 heterocycles. The van der Waals surface area contributed by atoms with Crippen LogP contribution in [0.15, 0.2) is 30.3 Å². The number of hydrogen-bond acceptors (Lipinski definition) is 2. The summed E-state index contributed by atoms with van der Waals surface area (Å²) in [6.45, 7) is 5.18. The second-order valence-corrected chi connectivity index (χ2v) is 4.96. The molecule has 3 nitrogen and oxygen atoms in total. The molecule has 0 spiro atoms. The van der Waals surface area contributed by atoms with E-state index in [1.807, 2.05) is 29.8 Å². The maximum atomic E-state index is 6.10. The fourth-order valence-corrected chi connectivity index (χ4v) is 2.60. The average Bonchev–Trinajstić information content (AvgIpc) is 2.77. The molecule has 0 amide bonds. The highest BCUT2D eigenvalue weighted by atomic mass is 35.5. The Kier molecular flexibility index (Phi) is 4.48. The first-order chi connectivity index (χ1) is 9.19. The number of nitrogens with zero attached hydrogens (tertiary/aromatic N) is 3. The minimum absolute atomic E-state index is 0.488. The summed E-state index contributed by atoms with van der Waals surface area (Å²) in [6, 6.07) is 10.2. The normalized spacial score (nSPS) is 10.7. The average molecular weight is 278 g/mol. The predicted molar refractivity (Wildman–Crippen MR) is 81.4 cm³/mol. The van der Waals surface area contributed by atoms with Gasteiger partial charge in [0.05, 0.1) is 17.3 Å². The number of hydrogen-bond donors (Lipinski definition) is 0. The maximum Gasteiger partial charge on any atom is 0.136 e. The number of anilines is 1. The smallest absolute Gasteiger partial charge is 0.136 e. The van der Waals surface area contributed by atoms with Crippen LogP contribution in [0, 0.1) is 6.92 Å². The quantitative estimate of drug-likeness (QED) is 0.776. The SMILES string of the molecule is CCCN(C)c1c(CCl)c(C)nn1-c1ccccc1. The van der Waals surface area contributed by atoms with Gasteiger partial charge >= 0.3 is 0 Å². The topological polar surface area (TPSA) is 21.1 Å². The predicted octanol–water partition coefficient (Wildman–Crippen LogP) is 3.77. The van der Waals surface area contributed by atoms with Gasteiger partial charge in [-0.1, -0.05) is 25.1 Å². The molecule has 0 atom stereocenters. The van der Waals surface area contributed by atoms with Gasteiger partial charge in [-0.25, -0.2) is 4.68 Å². The number of rotatable bonds is 5. The molecule has 1 aromatic carbocycles. The van der Waals surface area contributed by atoms with Crippen molar-refractivity contribution in [2.75, 3.05) is 18.5 Å². The van der Waals surface area contributed by atoms with Gasteiger partial charge in [0.2, 0.25) is 0 Å². The highest BCUT2D eigenvalue weighted by Crippen LogP contribution is 2.28. The van der Waals surface area contributed by atoms with Gasteiger partial charge in [0, 0.05) is 19.2 Å². The Labute approximate surface area is 119 Å². The first kappa shape index (κ1) is 13.9. The van der Waals surface area contributed by atoms with Crippen LogP contribution < -0.4 is 4.90 Å². The lowest BCUT2D eigenvalue weighted by Gasteiger charge is -2.21. The molecule has 102 valence electrons. The van der Waals surface area contributed by atoms with Gasteiger partial charge in [0.1, 0.15) is 5.82 Å². The van der Waals surface area contributed by atoms with E-state index < -0.39 is 0 Å². The second kappa shape index (κ2) is 6.11. The molecule has 0 aliphatic rings. The van der Waals surface area contributed by atoms with Crippen LogP contribution in [-0.2, 0) is 5.88 Å². The summed E-state index contributed by atoms with van der Waals surface area (Å²) in [5, 5.41) is 4.65. The number of alkyl halides is 1. The van der Waals surface area contributed by atoms with E-state index in [0.29, 0.717) is 5.88 Å². The first-order valence-corrected chi connectivity index (χ1v) is 7.13. The third-order valence-electron chi connectivity index (χ3n) is 3.21. The Bertz CT molecular complexity index is 534. The highest BCUT2D eigenvalue weighted by Gasteiger charge is 2.18. The Hall–Kier alpha value is -1.48. The van der Waals surface area contributed by atoms with Crippen LogP contribution in [0.5, 0.6) is 0 Å². The Morgan fingerprint density at radius 1 is 1.26 bits per heavy atom. The van der Waals surface area contributed by atoms with E-state index in [0.717, 1.165) is 35.7 Å². The van der Waals surface area contributed by atoms with Gasteiger partial charge in [-0.05, 0) is 25.5 Å². The third-order valence-corrected chi connectivity index (χ3v) is 3.48. The number of para-hydroxylation sites is 1. The standard InChI is InChI=1S/C15H20ClN3/c1-4-10-18(3)15-14(11-16)12(2)17-19(15)13-8-6-5-7-9-13/h5-9H,4,10-11H2,1-3H3. The fraction of sp³-hybridized carbons (Fsp3) is 0.400. The van der Waals surface area contributed by atoms with Crippen LogP contribution in [0.3, 0.4) is 0 Å². The van der Waals surface area contributed by atoms with Crippen molar-refractivity contribution in [1.29, 1.82) is 0 Å². The molecule has 0 N–H and O–H groups in total. The molecule has 2 rings (SSSR count). The van der Waals surface area contributed by atoms with Gasteiger partial charge in [0.15, 0.2) is 0 Å². The lowest BCUT2D eigenvalue weighted by molar-refractivity contribution is 0.783. The molecule has 0 radical (unpaired) electrons. The molecule has 0 aliphatic heterocycles. The van der Waals surface area contributed by atoms with E-state index in [4.69, 9.17) is 11.6 Å². The molecule has 1 aromatic heterocycles. The van der Waals surface area contributed by atoms with Crippen LogP contribution in [-0.4, -0.2) is 23.4 Å². The molecule has 19 heavy (non-hydrogen) atoms. The summed E-state index contributed by atoms with van der Waals surface area (Å²) in [4.78, 5) is 2.23. The number of benzene rings is 1. The van der Waals surface area contributed by atoms with Crippen LogP contribution in [0.2, 0.25) is 0 Å². The van der Waals surface area contributed by atoms with Crippen LogP contribution in [0.25, 0.3) is 5.69 Å². The minimum Gasteiger partial charge on any atom is -0.359 e. The van der Waals surface area contributed by atoms with Crippen molar-refractivity contribution >= 4 is 17.4 Å². The zero-order valence-corrected chi connectivity index (χ0v) is 12.5.